The minimum atomic E-state index is 0.0905. The van der Waals surface area contributed by atoms with Crippen LogP contribution >= 0.6 is 0 Å². The first kappa shape index (κ1) is 16.4. The van der Waals surface area contributed by atoms with E-state index >= 15 is 0 Å². The van der Waals surface area contributed by atoms with Gasteiger partial charge < -0.3 is 14.7 Å². The fraction of sp³-hybridized carbons (Fsp3) is 0.389. The van der Waals surface area contributed by atoms with Crippen molar-refractivity contribution in [1.29, 1.82) is 0 Å². The molecular formula is C18H23N5O. The quantitative estimate of drug-likeness (QED) is 0.851. The summed E-state index contributed by atoms with van der Waals surface area (Å²) in [4.78, 5) is 27.3. The summed E-state index contributed by atoms with van der Waals surface area (Å²) in [5.41, 5.74) is 1.18. The minimum absolute atomic E-state index is 0.0905. The highest BCUT2D eigenvalue weighted by molar-refractivity contribution is 5.81. The molecule has 6 nitrogen and oxygen atoms in total. The summed E-state index contributed by atoms with van der Waals surface area (Å²) in [6.07, 6.45) is 4.94. The lowest BCUT2D eigenvalue weighted by Gasteiger charge is -2.41. The number of aromatic nitrogens is 2. The lowest BCUT2D eigenvalue weighted by Crippen LogP contribution is -2.51. The molecule has 1 aromatic heterocycles. The van der Waals surface area contributed by atoms with Crippen molar-refractivity contribution in [2.24, 2.45) is 0 Å². The Morgan fingerprint density at radius 2 is 2.04 bits per heavy atom. The highest BCUT2D eigenvalue weighted by Gasteiger charge is 2.30. The van der Waals surface area contributed by atoms with Gasteiger partial charge >= 0.3 is 0 Å². The average Bonchev–Trinajstić information content (AvgIpc) is 2.63. The molecule has 24 heavy (non-hydrogen) atoms. The summed E-state index contributed by atoms with van der Waals surface area (Å²) in [6.45, 7) is 2.78. The Hall–Kier alpha value is -2.47. The number of amides is 1. The molecule has 0 bridgehead atoms. The normalized spacial score (nSPS) is 18.4. The standard InChI is InChI=1S/C18H23N5O/c1-21-10-11-23(16(13-21)15-6-4-3-5-7-15)18(24)14-22(2)17-12-19-8-9-20-17/h3-9,12,16H,10-11,13-14H2,1-2H3/t16-/m0/s1. The molecule has 1 atom stereocenters. The van der Waals surface area contributed by atoms with Crippen LogP contribution in [0.3, 0.4) is 0 Å². The van der Waals surface area contributed by atoms with Gasteiger partial charge in [-0.2, -0.15) is 0 Å². The van der Waals surface area contributed by atoms with Crippen molar-refractivity contribution >= 4 is 11.7 Å². The van der Waals surface area contributed by atoms with E-state index in [-0.39, 0.29) is 11.9 Å². The average molecular weight is 325 g/mol. The molecule has 0 aliphatic carbocycles. The van der Waals surface area contributed by atoms with E-state index in [0.29, 0.717) is 12.4 Å². The molecule has 2 aromatic rings. The second-order valence-corrected chi connectivity index (χ2v) is 6.20. The highest BCUT2D eigenvalue weighted by Crippen LogP contribution is 2.25. The minimum Gasteiger partial charge on any atom is -0.349 e. The van der Waals surface area contributed by atoms with Gasteiger partial charge in [-0.1, -0.05) is 30.3 Å². The van der Waals surface area contributed by atoms with Crippen LogP contribution in [0, 0.1) is 0 Å². The second-order valence-electron chi connectivity index (χ2n) is 6.20. The van der Waals surface area contributed by atoms with Gasteiger partial charge in [0, 0.05) is 39.1 Å². The van der Waals surface area contributed by atoms with Crippen LogP contribution < -0.4 is 4.90 Å². The Morgan fingerprint density at radius 1 is 1.25 bits per heavy atom. The van der Waals surface area contributed by atoms with Crippen LogP contribution in [-0.2, 0) is 4.79 Å². The summed E-state index contributed by atoms with van der Waals surface area (Å²) >= 11 is 0. The van der Waals surface area contributed by atoms with E-state index < -0.39 is 0 Å². The Morgan fingerprint density at radius 3 is 2.75 bits per heavy atom. The number of anilines is 1. The number of hydrogen-bond donors (Lipinski definition) is 0. The number of likely N-dealkylation sites (N-methyl/N-ethyl adjacent to an activating group) is 2. The zero-order valence-corrected chi connectivity index (χ0v) is 14.2. The predicted octanol–water partition coefficient (Wildman–Crippen LogP) is 1.43. The van der Waals surface area contributed by atoms with E-state index in [1.807, 2.05) is 35.0 Å². The lowest BCUT2D eigenvalue weighted by molar-refractivity contribution is -0.134. The maximum atomic E-state index is 12.9. The molecule has 0 N–H and O–H groups in total. The smallest absolute Gasteiger partial charge is 0.242 e. The monoisotopic (exact) mass is 325 g/mol. The third-order valence-electron chi connectivity index (χ3n) is 4.40. The topological polar surface area (TPSA) is 52.6 Å². The number of nitrogens with zero attached hydrogens (tertiary/aromatic N) is 5. The highest BCUT2D eigenvalue weighted by atomic mass is 16.2. The molecule has 3 rings (SSSR count). The SMILES string of the molecule is CN1CCN(C(=O)CN(C)c2cnccn2)[C@H](c2ccccc2)C1. The largest absolute Gasteiger partial charge is 0.349 e. The Bertz CT molecular complexity index is 664. The molecule has 6 heteroatoms. The van der Waals surface area contributed by atoms with Crippen LogP contribution in [0.4, 0.5) is 5.82 Å². The van der Waals surface area contributed by atoms with Crippen LogP contribution in [0.15, 0.2) is 48.9 Å². The van der Waals surface area contributed by atoms with E-state index in [1.165, 1.54) is 5.56 Å². The fourth-order valence-corrected chi connectivity index (χ4v) is 3.04. The van der Waals surface area contributed by atoms with Gasteiger partial charge in [0.2, 0.25) is 5.91 Å². The third kappa shape index (κ3) is 3.71. The van der Waals surface area contributed by atoms with Gasteiger partial charge in [0.1, 0.15) is 5.82 Å². The van der Waals surface area contributed by atoms with Crippen molar-refractivity contribution < 1.29 is 4.79 Å². The maximum Gasteiger partial charge on any atom is 0.242 e. The summed E-state index contributed by atoms with van der Waals surface area (Å²) in [7, 11) is 3.97. The molecule has 1 saturated heterocycles. The van der Waals surface area contributed by atoms with Crippen LogP contribution in [0.1, 0.15) is 11.6 Å². The van der Waals surface area contributed by atoms with E-state index in [1.54, 1.807) is 18.6 Å². The fourth-order valence-electron chi connectivity index (χ4n) is 3.04. The first-order valence-corrected chi connectivity index (χ1v) is 8.15. The Kier molecular flexibility index (Phi) is 5.05. The summed E-state index contributed by atoms with van der Waals surface area (Å²) in [6, 6.07) is 10.3. The van der Waals surface area contributed by atoms with E-state index in [9.17, 15) is 4.79 Å². The number of benzene rings is 1. The zero-order chi connectivity index (χ0) is 16.9. The van der Waals surface area contributed by atoms with Crippen molar-refractivity contribution in [2.45, 2.75) is 6.04 Å². The van der Waals surface area contributed by atoms with E-state index in [0.717, 1.165) is 19.6 Å². The zero-order valence-electron chi connectivity index (χ0n) is 14.2. The van der Waals surface area contributed by atoms with Crippen LogP contribution in [0.2, 0.25) is 0 Å². The van der Waals surface area contributed by atoms with Crippen LogP contribution in [0.5, 0.6) is 0 Å². The van der Waals surface area contributed by atoms with Gasteiger partial charge in [-0.15, -0.1) is 0 Å². The molecule has 0 unspecified atom stereocenters. The number of carbonyl (C=O) groups is 1. The first-order chi connectivity index (χ1) is 11.6. The van der Waals surface area contributed by atoms with E-state index in [4.69, 9.17) is 0 Å². The van der Waals surface area contributed by atoms with Crippen LogP contribution in [0.25, 0.3) is 0 Å². The van der Waals surface area contributed by atoms with Crippen molar-refractivity contribution in [2.75, 3.05) is 45.2 Å². The number of rotatable bonds is 4. The Labute approximate surface area is 142 Å². The first-order valence-electron chi connectivity index (χ1n) is 8.15. The Balaban J connectivity index is 1.74. The van der Waals surface area contributed by atoms with E-state index in [2.05, 4.69) is 34.0 Å². The summed E-state index contributed by atoms with van der Waals surface area (Å²) in [5.74, 6) is 0.821. The second kappa shape index (κ2) is 7.40. The van der Waals surface area contributed by atoms with Gasteiger partial charge in [0.15, 0.2) is 0 Å². The summed E-state index contributed by atoms with van der Waals surface area (Å²) in [5, 5.41) is 0. The number of piperazine rings is 1. The van der Waals surface area contributed by atoms with Gasteiger partial charge in [-0.3, -0.25) is 9.78 Å². The summed E-state index contributed by atoms with van der Waals surface area (Å²) < 4.78 is 0. The lowest BCUT2D eigenvalue weighted by atomic mass is 10.0. The van der Waals surface area contributed by atoms with Gasteiger partial charge in [-0.25, -0.2) is 4.98 Å². The molecule has 1 fully saturated rings. The van der Waals surface area contributed by atoms with Crippen molar-refractivity contribution in [3.8, 4) is 0 Å². The van der Waals surface area contributed by atoms with Gasteiger partial charge in [0.25, 0.3) is 0 Å². The van der Waals surface area contributed by atoms with Crippen molar-refractivity contribution in [3.63, 3.8) is 0 Å². The molecule has 0 radical (unpaired) electrons. The molecule has 2 heterocycles. The van der Waals surface area contributed by atoms with Crippen LogP contribution in [-0.4, -0.2) is 65.9 Å². The van der Waals surface area contributed by atoms with Gasteiger partial charge in [0.05, 0.1) is 18.8 Å². The molecule has 0 spiro atoms. The molecular weight excluding hydrogens is 302 g/mol. The number of hydrogen-bond acceptors (Lipinski definition) is 5. The van der Waals surface area contributed by atoms with Crippen molar-refractivity contribution in [1.82, 2.24) is 19.8 Å². The maximum absolute atomic E-state index is 12.9. The molecule has 1 aliphatic heterocycles. The predicted molar refractivity (Wildman–Crippen MR) is 93.7 cm³/mol. The molecule has 126 valence electrons. The molecule has 1 aliphatic rings. The third-order valence-corrected chi connectivity index (χ3v) is 4.40. The number of carbonyl (C=O) groups excluding carboxylic acids is 1. The molecule has 1 amide bonds. The molecule has 1 aromatic carbocycles. The molecule has 0 saturated carbocycles. The van der Waals surface area contributed by atoms with Gasteiger partial charge in [-0.05, 0) is 12.6 Å². The van der Waals surface area contributed by atoms with Crippen molar-refractivity contribution in [3.05, 3.63) is 54.5 Å².